The van der Waals surface area contributed by atoms with E-state index in [0.717, 1.165) is 6.42 Å². The van der Waals surface area contributed by atoms with Crippen LogP contribution in [-0.2, 0) is 23.1 Å². The van der Waals surface area contributed by atoms with Crippen molar-refractivity contribution in [1.82, 2.24) is 0 Å². The van der Waals surface area contributed by atoms with Crippen LogP contribution in [0.5, 0.6) is 0 Å². The first kappa shape index (κ1) is 18.1. The zero-order chi connectivity index (χ0) is 15.3. The summed E-state index contributed by atoms with van der Waals surface area (Å²) in [5, 5.41) is 0. The van der Waals surface area contributed by atoms with E-state index in [-0.39, 0.29) is 31.0 Å². The van der Waals surface area contributed by atoms with Crippen molar-refractivity contribution in [1.29, 1.82) is 0 Å². The summed E-state index contributed by atoms with van der Waals surface area (Å²) in [6.07, 6.45) is 0.0835. The fourth-order valence-corrected chi connectivity index (χ4v) is 3.05. The Kier molecular flexibility index (Phi) is 7.12. The molecule has 7 heteroatoms. The second-order valence-electron chi connectivity index (χ2n) is 5.85. The van der Waals surface area contributed by atoms with Crippen molar-refractivity contribution < 1.29 is 28.0 Å². The first-order valence-corrected chi connectivity index (χ1v) is 8.62. The lowest BCUT2D eigenvalue weighted by Gasteiger charge is -2.35. The highest BCUT2D eigenvalue weighted by Crippen LogP contribution is 2.45. The molecule has 0 spiro atoms. The molecule has 1 N–H and O–H groups in total. The van der Waals surface area contributed by atoms with Gasteiger partial charge < -0.3 is 14.4 Å². The molecule has 0 bridgehead atoms. The van der Waals surface area contributed by atoms with E-state index < -0.39 is 7.82 Å². The Morgan fingerprint density at radius 3 is 2.50 bits per heavy atom. The van der Waals surface area contributed by atoms with E-state index in [4.69, 9.17) is 18.5 Å². The molecular formula is C13H27O6P. The maximum Gasteiger partial charge on any atom is 0.472 e. The third-order valence-electron chi connectivity index (χ3n) is 2.84. The van der Waals surface area contributed by atoms with E-state index in [1.54, 1.807) is 13.8 Å². The van der Waals surface area contributed by atoms with E-state index in [0.29, 0.717) is 12.5 Å². The van der Waals surface area contributed by atoms with Crippen molar-refractivity contribution in [2.24, 2.45) is 5.92 Å². The van der Waals surface area contributed by atoms with Crippen LogP contribution in [0.2, 0.25) is 0 Å². The average Bonchev–Trinajstić information content (AvgIpc) is 2.25. The van der Waals surface area contributed by atoms with E-state index in [9.17, 15) is 9.46 Å². The number of hydrogen-bond acceptors (Lipinski definition) is 5. The second kappa shape index (κ2) is 7.87. The van der Waals surface area contributed by atoms with Crippen LogP contribution in [0.25, 0.3) is 0 Å². The fourth-order valence-electron chi connectivity index (χ4n) is 2.12. The number of rotatable bonds is 7. The van der Waals surface area contributed by atoms with Crippen molar-refractivity contribution in [3.8, 4) is 0 Å². The molecule has 0 aromatic rings. The van der Waals surface area contributed by atoms with Crippen molar-refractivity contribution in [2.75, 3.05) is 13.2 Å². The molecule has 0 amide bonds. The third-order valence-corrected chi connectivity index (χ3v) is 4.00. The molecule has 1 heterocycles. The topological polar surface area (TPSA) is 74.2 Å². The predicted octanol–water partition coefficient (Wildman–Crippen LogP) is 2.75. The standard InChI is InChI=1S/C13H27O6P/c1-9(2)18-12-6-11(5)7-16-13(12)8-17-20(14,15)19-10(3)4/h9-13H,6-8H2,1-5H3,(H,14,15). The smallest absolute Gasteiger partial charge is 0.373 e. The molecule has 4 atom stereocenters. The average molecular weight is 310 g/mol. The van der Waals surface area contributed by atoms with Crippen molar-refractivity contribution in [3.05, 3.63) is 0 Å². The Balaban J connectivity index is 2.53. The van der Waals surface area contributed by atoms with Crippen LogP contribution in [-0.4, -0.2) is 42.5 Å². The molecule has 120 valence electrons. The SMILES string of the molecule is CC1COC(COP(=O)(O)OC(C)C)C(OC(C)C)C1. The Morgan fingerprint density at radius 2 is 1.95 bits per heavy atom. The highest BCUT2D eigenvalue weighted by Gasteiger charge is 2.34. The minimum atomic E-state index is -4.03. The van der Waals surface area contributed by atoms with Gasteiger partial charge in [-0.15, -0.1) is 0 Å². The molecule has 1 aliphatic heterocycles. The zero-order valence-corrected chi connectivity index (χ0v) is 13.8. The molecule has 4 unspecified atom stereocenters. The first-order chi connectivity index (χ1) is 9.19. The minimum Gasteiger partial charge on any atom is -0.373 e. The van der Waals surface area contributed by atoms with Gasteiger partial charge in [-0.1, -0.05) is 6.92 Å². The molecule has 0 saturated carbocycles. The maximum absolute atomic E-state index is 11.7. The second-order valence-corrected chi connectivity index (χ2v) is 7.26. The summed E-state index contributed by atoms with van der Waals surface area (Å²) in [5.41, 5.74) is 0. The van der Waals surface area contributed by atoms with Crippen LogP contribution in [0, 0.1) is 5.92 Å². The Labute approximate surface area is 121 Å². The lowest BCUT2D eigenvalue weighted by molar-refractivity contribution is -0.149. The molecule has 1 saturated heterocycles. The van der Waals surface area contributed by atoms with Gasteiger partial charge in [0.15, 0.2) is 0 Å². The summed E-state index contributed by atoms with van der Waals surface area (Å²) >= 11 is 0. The minimum absolute atomic E-state index is 0.00932. The summed E-state index contributed by atoms with van der Waals surface area (Å²) in [7, 11) is -4.03. The summed E-state index contributed by atoms with van der Waals surface area (Å²) < 4.78 is 33.0. The van der Waals surface area contributed by atoms with Crippen LogP contribution in [0.1, 0.15) is 41.0 Å². The molecule has 1 fully saturated rings. The van der Waals surface area contributed by atoms with Gasteiger partial charge in [0, 0.05) is 6.61 Å². The molecule has 1 rings (SSSR count). The van der Waals surface area contributed by atoms with E-state index >= 15 is 0 Å². The molecule has 0 aromatic heterocycles. The number of hydrogen-bond donors (Lipinski definition) is 1. The van der Waals surface area contributed by atoms with Crippen molar-refractivity contribution >= 4 is 7.82 Å². The van der Waals surface area contributed by atoms with Gasteiger partial charge in [0.2, 0.25) is 0 Å². The summed E-state index contributed by atoms with van der Waals surface area (Å²) in [6, 6.07) is 0. The monoisotopic (exact) mass is 310 g/mol. The van der Waals surface area contributed by atoms with Gasteiger partial charge in [-0.2, -0.15) is 0 Å². The Morgan fingerprint density at radius 1 is 1.30 bits per heavy atom. The fraction of sp³-hybridized carbons (Fsp3) is 1.00. The highest BCUT2D eigenvalue weighted by atomic mass is 31.2. The summed E-state index contributed by atoms with van der Waals surface area (Å²) in [4.78, 5) is 9.55. The quantitative estimate of drug-likeness (QED) is 0.729. The largest absolute Gasteiger partial charge is 0.472 e. The van der Waals surface area contributed by atoms with Crippen molar-refractivity contribution in [2.45, 2.75) is 65.5 Å². The maximum atomic E-state index is 11.7. The zero-order valence-electron chi connectivity index (χ0n) is 12.9. The van der Waals surface area contributed by atoms with Gasteiger partial charge in [0.1, 0.15) is 6.10 Å². The Bertz CT molecular complexity index is 331. The lowest BCUT2D eigenvalue weighted by atomic mass is 9.97. The van der Waals surface area contributed by atoms with E-state index in [2.05, 4.69) is 6.92 Å². The molecule has 0 aromatic carbocycles. The van der Waals surface area contributed by atoms with Crippen LogP contribution >= 0.6 is 7.82 Å². The third kappa shape index (κ3) is 6.66. The van der Waals surface area contributed by atoms with Crippen LogP contribution in [0.3, 0.4) is 0 Å². The van der Waals surface area contributed by atoms with Gasteiger partial charge in [-0.3, -0.25) is 9.05 Å². The van der Waals surface area contributed by atoms with Crippen LogP contribution < -0.4 is 0 Å². The first-order valence-electron chi connectivity index (χ1n) is 7.12. The molecule has 1 aliphatic rings. The van der Waals surface area contributed by atoms with Gasteiger partial charge in [-0.25, -0.2) is 4.57 Å². The van der Waals surface area contributed by atoms with Gasteiger partial charge in [-0.05, 0) is 40.0 Å². The highest BCUT2D eigenvalue weighted by molar-refractivity contribution is 7.47. The van der Waals surface area contributed by atoms with Gasteiger partial charge in [0.05, 0.1) is 24.9 Å². The normalized spacial score (nSPS) is 30.7. The number of phosphoric ester groups is 1. The van der Waals surface area contributed by atoms with Crippen LogP contribution in [0.4, 0.5) is 0 Å². The van der Waals surface area contributed by atoms with Crippen molar-refractivity contribution in [3.63, 3.8) is 0 Å². The number of ether oxygens (including phenoxy) is 2. The predicted molar refractivity (Wildman–Crippen MR) is 75.5 cm³/mol. The molecule has 6 nitrogen and oxygen atoms in total. The molecule has 20 heavy (non-hydrogen) atoms. The molecular weight excluding hydrogens is 283 g/mol. The molecule has 0 aliphatic carbocycles. The van der Waals surface area contributed by atoms with Gasteiger partial charge in [0.25, 0.3) is 0 Å². The lowest BCUT2D eigenvalue weighted by Crippen LogP contribution is -2.43. The van der Waals surface area contributed by atoms with E-state index in [1.165, 1.54) is 0 Å². The molecule has 0 radical (unpaired) electrons. The summed E-state index contributed by atoms with van der Waals surface area (Å²) in [5.74, 6) is 0.405. The van der Waals surface area contributed by atoms with E-state index in [1.807, 2.05) is 13.8 Å². The van der Waals surface area contributed by atoms with Gasteiger partial charge >= 0.3 is 7.82 Å². The number of phosphoric acid groups is 1. The van der Waals surface area contributed by atoms with Crippen LogP contribution in [0.15, 0.2) is 0 Å². The Hall–Kier alpha value is 0.0300. The summed E-state index contributed by atoms with van der Waals surface area (Å²) in [6.45, 7) is 9.95.